The SMILES string of the molecule is CCn1c2ccccc2c2cc(/C=C/C3=CC(=C(C#N)C#N)C=C(/C=C/c4ccc(N(C)C)cc4)O3)ccc21. The normalized spacial score (nSPS) is 13.3. The van der Waals surface area contributed by atoms with E-state index < -0.39 is 0 Å². The summed E-state index contributed by atoms with van der Waals surface area (Å²) in [5, 5.41) is 21.4. The second-order valence-electron chi connectivity index (χ2n) is 9.44. The van der Waals surface area contributed by atoms with Crippen LogP contribution in [0.15, 0.2) is 114 Å². The third-order valence-electron chi connectivity index (χ3n) is 6.75. The van der Waals surface area contributed by atoms with E-state index in [0.29, 0.717) is 17.1 Å². The van der Waals surface area contributed by atoms with Gasteiger partial charge in [0, 0.05) is 53.7 Å². The second kappa shape index (κ2) is 11.0. The first kappa shape index (κ1) is 25.4. The lowest BCUT2D eigenvalue weighted by molar-refractivity contribution is 0.332. The minimum atomic E-state index is 0.0410. The van der Waals surface area contributed by atoms with Crippen LogP contribution in [0.5, 0.6) is 0 Å². The summed E-state index contributed by atoms with van der Waals surface area (Å²) >= 11 is 0. The van der Waals surface area contributed by atoms with Crippen LogP contribution >= 0.6 is 0 Å². The minimum Gasteiger partial charge on any atom is -0.457 e. The Labute approximate surface area is 228 Å². The van der Waals surface area contributed by atoms with E-state index in [2.05, 4.69) is 54.0 Å². The van der Waals surface area contributed by atoms with Crippen LogP contribution in [0.25, 0.3) is 34.0 Å². The van der Waals surface area contributed by atoms with Crippen LogP contribution in [0.3, 0.4) is 0 Å². The molecule has 0 aliphatic carbocycles. The van der Waals surface area contributed by atoms with Crippen molar-refractivity contribution >= 4 is 39.6 Å². The highest BCUT2D eigenvalue weighted by atomic mass is 16.5. The first-order chi connectivity index (χ1) is 19.0. The van der Waals surface area contributed by atoms with E-state index in [1.807, 2.05) is 79.7 Å². The summed E-state index contributed by atoms with van der Waals surface area (Å²) in [7, 11) is 4.01. The number of hydrogen-bond donors (Lipinski definition) is 0. The number of ether oxygens (including phenoxy) is 1. The van der Waals surface area contributed by atoms with Gasteiger partial charge >= 0.3 is 0 Å². The molecule has 2 heterocycles. The molecular weight excluding hydrogens is 480 g/mol. The molecule has 1 aromatic heterocycles. The summed E-state index contributed by atoms with van der Waals surface area (Å²) in [6, 6.07) is 27.0. The Morgan fingerprint density at radius 2 is 1.41 bits per heavy atom. The van der Waals surface area contributed by atoms with Crippen LogP contribution in [-0.2, 0) is 11.3 Å². The fourth-order valence-corrected chi connectivity index (χ4v) is 4.76. The van der Waals surface area contributed by atoms with E-state index in [1.54, 1.807) is 12.2 Å². The van der Waals surface area contributed by atoms with Gasteiger partial charge in [-0.05, 0) is 72.7 Å². The Bertz CT molecular complexity index is 1780. The third kappa shape index (κ3) is 5.25. The molecule has 190 valence electrons. The molecule has 0 N–H and O–H groups in total. The van der Waals surface area contributed by atoms with E-state index in [1.165, 1.54) is 21.8 Å². The number of aromatic nitrogens is 1. The Kier molecular flexibility index (Phi) is 7.17. The average molecular weight is 509 g/mol. The fourth-order valence-electron chi connectivity index (χ4n) is 4.76. The van der Waals surface area contributed by atoms with Gasteiger partial charge < -0.3 is 14.2 Å². The zero-order chi connectivity index (χ0) is 27.4. The number of hydrogen-bond acceptors (Lipinski definition) is 4. The van der Waals surface area contributed by atoms with Crippen molar-refractivity contribution < 1.29 is 4.74 Å². The van der Waals surface area contributed by atoms with E-state index in [4.69, 9.17) is 4.74 Å². The number of rotatable bonds is 6. The van der Waals surface area contributed by atoms with Crippen LogP contribution in [-0.4, -0.2) is 18.7 Å². The summed E-state index contributed by atoms with van der Waals surface area (Å²) in [5.74, 6) is 1.10. The number of anilines is 1. The van der Waals surface area contributed by atoms with Crippen LogP contribution in [0.4, 0.5) is 5.69 Å². The van der Waals surface area contributed by atoms with Crippen molar-refractivity contribution in [1.29, 1.82) is 10.5 Å². The zero-order valence-corrected chi connectivity index (χ0v) is 22.2. The van der Waals surface area contributed by atoms with Crippen LogP contribution in [0, 0.1) is 22.7 Å². The van der Waals surface area contributed by atoms with Gasteiger partial charge in [0.15, 0.2) is 0 Å². The van der Waals surface area contributed by atoms with E-state index in [0.717, 1.165) is 23.4 Å². The molecule has 0 amide bonds. The van der Waals surface area contributed by atoms with Gasteiger partial charge in [0.1, 0.15) is 29.2 Å². The molecule has 1 aliphatic rings. The topological polar surface area (TPSA) is 65.0 Å². The lowest BCUT2D eigenvalue weighted by Crippen LogP contribution is -2.07. The van der Waals surface area contributed by atoms with Gasteiger partial charge in [-0.3, -0.25) is 0 Å². The average Bonchev–Trinajstić information content (AvgIpc) is 3.29. The summed E-state index contributed by atoms with van der Waals surface area (Å²) in [6.07, 6.45) is 11.1. The molecule has 4 aromatic rings. The Morgan fingerprint density at radius 3 is 2.05 bits per heavy atom. The van der Waals surface area contributed by atoms with Crippen molar-refractivity contribution in [2.75, 3.05) is 19.0 Å². The van der Waals surface area contributed by atoms with Crippen molar-refractivity contribution in [2.45, 2.75) is 13.5 Å². The molecule has 3 aromatic carbocycles. The van der Waals surface area contributed by atoms with Gasteiger partial charge in [0.25, 0.3) is 0 Å². The van der Waals surface area contributed by atoms with Gasteiger partial charge in [0.05, 0.1) is 0 Å². The predicted octanol–water partition coefficient (Wildman–Crippen LogP) is 7.75. The Morgan fingerprint density at radius 1 is 0.795 bits per heavy atom. The molecule has 0 radical (unpaired) electrons. The monoisotopic (exact) mass is 508 g/mol. The van der Waals surface area contributed by atoms with E-state index >= 15 is 0 Å². The molecule has 0 bridgehead atoms. The largest absolute Gasteiger partial charge is 0.457 e. The standard InChI is InChI=1S/C34H28N4O/c1-4-38-33-8-6-5-7-31(33)32-19-25(13-18-34(32)38)12-17-30-21-26(27(22-35)23-36)20-29(39-30)16-11-24-9-14-28(15-10-24)37(2)3/h5-21H,4H2,1-3H3/b16-11+,17-12+. The molecule has 5 nitrogen and oxygen atoms in total. The first-order valence-corrected chi connectivity index (χ1v) is 12.8. The first-order valence-electron chi connectivity index (χ1n) is 12.8. The van der Waals surface area contributed by atoms with Gasteiger partial charge in [-0.1, -0.05) is 48.6 Å². The molecule has 5 rings (SSSR count). The van der Waals surface area contributed by atoms with Gasteiger partial charge in [0.2, 0.25) is 0 Å². The van der Waals surface area contributed by atoms with E-state index in [9.17, 15) is 10.5 Å². The molecule has 39 heavy (non-hydrogen) atoms. The highest BCUT2D eigenvalue weighted by Gasteiger charge is 2.13. The zero-order valence-electron chi connectivity index (χ0n) is 22.2. The van der Waals surface area contributed by atoms with Crippen molar-refractivity contribution in [3.63, 3.8) is 0 Å². The number of nitriles is 2. The van der Waals surface area contributed by atoms with Gasteiger partial charge in [-0.15, -0.1) is 0 Å². The summed E-state index contributed by atoms with van der Waals surface area (Å²) < 4.78 is 8.45. The summed E-state index contributed by atoms with van der Waals surface area (Å²) in [4.78, 5) is 2.05. The molecule has 0 saturated carbocycles. The van der Waals surface area contributed by atoms with Crippen molar-refractivity contribution in [3.8, 4) is 12.1 Å². The molecule has 1 aliphatic heterocycles. The van der Waals surface area contributed by atoms with Crippen molar-refractivity contribution in [3.05, 3.63) is 125 Å². The second-order valence-corrected chi connectivity index (χ2v) is 9.44. The molecule has 0 saturated heterocycles. The van der Waals surface area contributed by atoms with Crippen molar-refractivity contribution in [2.24, 2.45) is 0 Å². The predicted molar refractivity (Wildman–Crippen MR) is 159 cm³/mol. The highest BCUT2D eigenvalue weighted by Crippen LogP contribution is 2.31. The minimum absolute atomic E-state index is 0.0410. The maximum Gasteiger partial charge on any atom is 0.137 e. The molecule has 0 atom stereocenters. The summed E-state index contributed by atoms with van der Waals surface area (Å²) in [5.41, 5.74) is 6.16. The highest BCUT2D eigenvalue weighted by molar-refractivity contribution is 6.08. The maximum atomic E-state index is 9.48. The van der Waals surface area contributed by atoms with Crippen LogP contribution in [0.1, 0.15) is 18.1 Å². The molecular formula is C34H28N4O. The van der Waals surface area contributed by atoms with E-state index in [-0.39, 0.29) is 5.57 Å². The smallest absolute Gasteiger partial charge is 0.137 e. The molecule has 5 heteroatoms. The lowest BCUT2D eigenvalue weighted by atomic mass is 10.0. The van der Waals surface area contributed by atoms with Gasteiger partial charge in [-0.25, -0.2) is 0 Å². The maximum absolute atomic E-state index is 9.48. The number of allylic oxidation sites excluding steroid dienone is 6. The quantitative estimate of drug-likeness (QED) is 0.250. The number of fused-ring (bicyclic) bond motifs is 3. The fraction of sp³-hybridized carbons (Fsp3) is 0.118. The van der Waals surface area contributed by atoms with Crippen molar-refractivity contribution in [1.82, 2.24) is 4.57 Å². The third-order valence-corrected chi connectivity index (χ3v) is 6.75. The summed E-state index contributed by atoms with van der Waals surface area (Å²) in [6.45, 7) is 3.06. The lowest BCUT2D eigenvalue weighted by Gasteiger charge is -2.14. The van der Waals surface area contributed by atoms with Gasteiger partial charge in [-0.2, -0.15) is 10.5 Å². The number of aryl methyl sites for hydroxylation is 1. The number of nitrogens with zero attached hydrogens (tertiary/aromatic N) is 4. The molecule has 0 spiro atoms. The number of benzene rings is 3. The molecule has 0 unspecified atom stereocenters. The molecule has 0 fully saturated rings. The Balaban J connectivity index is 1.45. The van der Waals surface area contributed by atoms with Crippen LogP contribution < -0.4 is 4.90 Å². The van der Waals surface area contributed by atoms with Crippen LogP contribution in [0.2, 0.25) is 0 Å². The number of para-hydroxylation sites is 1. The Hall–Kier alpha value is -5.26.